The summed E-state index contributed by atoms with van der Waals surface area (Å²) < 4.78 is 1.78. The highest BCUT2D eigenvalue weighted by atomic mass is 79.9. The van der Waals surface area contributed by atoms with Crippen LogP contribution in [0.15, 0.2) is 44.7 Å². The van der Waals surface area contributed by atoms with Gasteiger partial charge in [-0.15, -0.1) is 11.3 Å². The van der Waals surface area contributed by atoms with Gasteiger partial charge in [0.2, 0.25) is 5.91 Å². The van der Waals surface area contributed by atoms with Gasteiger partial charge in [-0.3, -0.25) is 14.9 Å². The summed E-state index contributed by atoms with van der Waals surface area (Å²) in [6.45, 7) is 0. The van der Waals surface area contributed by atoms with Crippen LogP contribution in [0.1, 0.15) is 0 Å². The zero-order valence-electron chi connectivity index (χ0n) is 12.3. The Kier molecular flexibility index (Phi) is 5.78. The number of hydrogen-bond acceptors (Lipinski definition) is 8. The van der Waals surface area contributed by atoms with Crippen LogP contribution in [-0.2, 0) is 4.79 Å². The lowest BCUT2D eigenvalue weighted by atomic mass is 10.2. The van der Waals surface area contributed by atoms with E-state index in [1.165, 1.54) is 23.1 Å². The molecule has 0 atom stereocenters. The Bertz CT molecular complexity index is 910. The fraction of sp³-hybridized carbons (Fsp3) is 0.0714. The molecule has 11 heteroatoms. The Morgan fingerprint density at radius 1 is 1.36 bits per heavy atom. The number of hydrogen-bond donors (Lipinski definition) is 1. The first-order chi connectivity index (χ1) is 12.0. The van der Waals surface area contributed by atoms with Crippen LogP contribution in [0.5, 0.6) is 0 Å². The fourth-order valence-corrected chi connectivity index (χ4v) is 4.32. The van der Waals surface area contributed by atoms with E-state index in [1.807, 2.05) is 29.6 Å². The van der Waals surface area contributed by atoms with Crippen LogP contribution in [0, 0.1) is 10.1 Å². The van der Waals surface area contributed by atoms with Crippen LogP contribution in [0.4, 0.5) is 10.1 Å². The first-order valence-corrected chi connectivity index (χ1v) is 10.2. The monoisotopic (exact) mass is 456 g/mol. The molecule has 3 rings (SSSR count). The zero-order valence-corrected chi connectivity index (χ0v) is 16.4. The molecular formula is C14H9BrN4O3S3. The molecule has 1 aromatic carbocycles. The Morgan fingerprint density at radius 3 is 2.80 bits per heavy atom. The topological polar surface area (TPSA) is 98.0 Å². The predicted molar refractivity (Wildman–Crippen MR) is 103 cm³/mol. The third-order valence-corrected chi connectivity index (χ3v) is 6.28. The Morgan fingerprint density at radius 2 is 2.12 bits per heavy atom. The van der Waals surface area contributed by atoms with Crippen molar-refractivity contribution in [3.8, 4) is 11.3 Å². The van der Waals surface area contributed by atoms with Crippen molar-refractivity contribution in [3.05, 3.63) is 50.4 Å². The number of carbonyl (C=O) groups is 1. The quantitative estimate of drug-likeness (QED) is 0.328. The summed E-state index contributed by atoms with van der Waals surface area (Å²) in [5, 5.41) is 15.2. The molecule has 128 valence electrons. The Hall–Kier alpha value is -1.82. The minimum absolute atomic E-state index is 0.109. The average molecular weight is 457 g/mol. The molecule has 2 aromatic heterocycles. The molecule has 0 radical (unpaired) electrons. The molecule has 3 aromatic rings. The van der Waals surface area contributed by atoms with Crippen molar-refractivity contribution in [3.63, 3.8) is 0 Å². The molecule has 2 heterocycles. The van der Waals surface area contributed by atoms with Crippen LogP contribution in [-0.4, -0.2) is 26.6 Å². The molecule has 1 N–H and O–H groups in total. The van der Waals surface area contributed by atoms with Crippen molar-refractivity contribution in [2.75, 3.05) is 11.1 Å². The summed E-state index contributed by atoms with van der Waals surface area (Å²) in [5.74, 6) is -0.129. The number of nitrogens with one attached hydrogen (secondary N) is 1. The number of thiazole rings is 2. The second-order valence-electron chi connectivity index (χ2n) is 4.60. The number of rotatable bonds is 6. The van der Waals surface area contributed by atoms with Gasteiger partial charge >= 0.3 is 5.00 Å². The molecule has 1 amide bonds. The SMILES string of the molecule is O=C(CSc1nc(-c2ccc(Br)cc2)cs1)Nc1ncc([N+](=O)[O-])s1. The largest absolute Gasteiger partial charge is 0.345 e. The van der Waals surface area contributed by atoms with Gasteiger partial charge < -0.3 is 5.32 Å². The van der Waals surface area contributed by atoms with E-state index in [0.717, 1.165) is 37.6 Å². The lowest BCUT2D eigenvalue weighted by Crippen LogP contribution is -2.13. The van der Waals surface area contributed by atoms with E-state index in [9.17, 15) is 14.9 Å². The predicted octanol–water partition coefficient (Wildman–Crippen LogP) is 4.67. The van der Waals surface area contributed by atoms with E-state index in [4.69, 9.17) is 0 Å². The van der Waals surface area contributed by atoms with Crippen molar-refractivity contribution < 1.29 is 9.72 Å². The van der Waals surface area contributed by atoms with Gasteiger partial charge in [-0.25, -0.2) is 9.97 Å². The number of nitro groups is 1. The van der Waals surface area contributed by atoms with Gasteiger partial charge in [0.15, 0.2) is 9.47 Å². The molecular weight excluding hydrogens is 448 g/mol. The lowest BCUT2D eigenvalue weighted by Gasteiger charge is -1.99. The molecule has 0 saturated carbocycles. The molecule has 0 fully saturated rings. The maximum absolute atomic E-state index is 11.9. The lowest BCUT2D eigenvalue weighted by molar-refractivity contribution is -0.380. The average Bonchev–Trinajstić information content (AvgIpc) is 3.23. The maximum Gasteiger partial charge on any atom is 0.345 e. The summed E-state index contributed by atoms with van der Waals surface area (Å²) in [4.78, 5) is 30.3. The number of benzene rings is 1. The number of carbonyl (C=O) groups excluding carboxylic acids is 1. The molecule has 0 spiro atoms. The van der Waals surface area contributed by atoms with Gasteiger partial charge in [-0.2, -0.15) is 0 Å². The van der Waals surface area contributed by atoms with Crippen molar-refractivity contribution >= 4 is 66.4 Å². The van der Waals surface area contributed by atoms with Crippen LogP contribution in [0.3, 0.4) is 0 Å². The van der Waals surface area contributed by atoms with Crippen molar-refractivity contribution in [2.45, 2.75) is 4.34 Å². The highest BCUT2D eigenvalue weighted by Crippen LogP contribution is 2.29. The van der Waals surface area contributed by atoms with Gasteiger partial charge in [0.25, 0.3) is 0 Å². The Balaban J connectivity index is 1.55. The summed E-state index contributed by atoms with van der Waals surface area (Å²) in [5.41, 5.74) is 1.86. The van der Waals surface area contributed by atoms with E-state index in [2.05, 4.69) is 31.2 Å². The molecule has 0 aliphatic heterocycles. The number of amides is 1. The van der Waals surface area contributed by atoms with E-state index in [1.54, 1.807) is 0 Å². The highest BCUT2D eigenvalue weighted by molar-refractivity contribution is 9.10. The molecule has 0 bridgehead atoms. The summed E-state index contributed by atoms with van der Waals surface area (Å²) in [6, 6.07) is 7.83. The molecule has 0 saturated heterocycles. The Labute approximate surface area is 162 Å². The minimum Gasteiger partial charge on any atom is -0.301 e. The summed E-state index contributed by atoms with van der Waals surface area (Å²) in [6.07, 6.45) is 1.12. The van der Waals surface area contributed by atoms with E-state index in [-0.39, 0.29) is 21.8 Å². The molecule has 0 aliphatic carbocycles. The summed E-state index contributed by atoms with van der Waals surface area (Å²) in [7, 11) is 0. The maximum atomic E-state index is 11.9. The van der Waals surface area contributed by atoms with Crippen LogP contribution in [0.25, 0.3) is 11.3 Å². The minimum atomic E-state index is -0.540. The second-order valence-corrected chi connectivity index (χ2v) is 8.61. The molecule has 0 unspecified atom stereocenters. The van der Waals surface area contributed by atoms with Crippen molar-refractivity contribution in [1.29, 1.82) is 0 Å². The van der Waals surface area contributed by atoms with E-state index in [0.29, 0.717) is 0 Å². The third-order valence-electron chi connectivity index (χ3n) is 2.87. The smallest absolute Gasteiger partial charge is 0.301 e. The van der Waals surface area contributed by atoms with Crippen LogP contribution < -0.4 is 5.32 Å². The van der Waals surface area contributed by atoms with Gasteiger partial charge in [0.1, 0.15) is 6.20 Å². The first kappa shape index (κ1) is 18.0. The number of nitrogens with zero attached hydrogens (tertiary/aromatic N) is 3. The molecule has 25 heavy (non-hydrogen) atoms. The normalized spacial score (nSPS) is 10.6. The first-order valence-electron chi connectivity index (χ1n) is 6.75. The van der Waals surface area contributed by atoms with Crippen molar-refractivity contribution in [1.82, 2.24) is 9.97 Å². The van der Waals surface area contributed by atoms with Crippen molar-refractivity contribution in [2.24, 2.45) is 0 Å². The fourth-order valence-electron chi connectivity index (χ4n) is 1.77. The van der Waals surface area contributed by atoms with Gasteiger partial charge in [0.05, 0.1) is 16.4 Å². The number of anilines is 1. The zero-order chi connectivity index (χ0) is 17.8. The van der Waals surface area contributed by atoms with Crippen LogP contribution >= 0.6 is 50.4 Å². The van der Waals surface area contributed by atoms with E-state index < -0.39 is 4.92 Å². The summed E-state index contributed by atoms with van der Waals surface area (Å²) >= 11 is 6.99. The second kappa shape index (κ2) is 8.04. The van der Waals surface area contributed by atoms with Gasteiger partial charge in [-0.05, 0) is 23.5 Å². The standard InChI is InChI=1S/C14H9BrN4O3S3/c15-9-3-1-8(2-4-9)10-6-23-14(17-10)24-7-11(20)18-13-16-5-12(25-13)19(21)22/h1-6H,7H2,(H,16,18,20). The highest BCUT2D eigenvalue weighted by Gasteiger charge is 2.14. The third kappa shape index (κ3) is 4.84. The van der Waals surface area contributed by atoms with Gasteiger partial charge in [0, 0.05) is 15.4 Å². The van der Waals surface area contributed by atoms with E-state index >= 15 is 0 Å². The number of aromatic nitrogens is 2. The number of thioether (sulfide) groups is 1. The number of halogens is 1. The van der Waals surface area contributed by atoms with Gasteiger partial charge in [-0.1, -0.05) is 39.8 Å². The van der Waals surface area contributed by atoms with Crippen LogP contribution in [0.2, 0.25) is 0 Å². The molecule has 7 nitrogen and oxygen atoms in total. The molecule has 0 aliphatic rings.